The Morgan fingerprint density at radius 1 is 1.38 bits per heavy atom. The normalized spacial score (nSPS) is 9.62. The molecule has 0 saturated carbocycles. The van der Waals surface area contributed by atoms with E-state index in [1.165, 1.54) is 18.1 Å². The van der Waals surface area contributed by atoms with Crippen molar-refractivity contribution in [3.8, 4) is 0 Å². The van der Waals surface area contributed by atoms with Gasteiger partial charge >= 0.3 is 5.97 Å². The van der Waals surface area contributed by atoms with E-state index in [0.29, 0.717) is 6.42 Å². The number of carbonyl (C=O) groups excluding carboxylic acids is 1. The van der Waals surface area contributed by atoms with Crippen molar-refractivity contribution in [2.24, 2.45) is 0 Å². The molecule has 0 aliphatic heterocycles. The highest BCUT2D eigenvalue weighted by molar-refractivity contribution is 6.32. The Balaban J connectivity index is 2.46. The molecule has 1 aromatic rings. The van der Waals surface area contributed by atoms with Crippen LogP contribution in [0.3, 0.4) is 0 Å². The van der Waals surface area contributed by atoms with Gasteiger partial charge in [-0.15, -0.1) is 0 Å². The summed E-state index contributed by atoms with van der Waals surface area (Å²) < 4.78 is 4.56. The molecule has 0 saturated heterocycles. The number of rotatable bonds is 3. The van der Waals surface area contributed by atoms with Crippen LogP contribution in [0.25, 0.3) is 0 Å². The molecule has 0 bridgehead atoms. The largest absolute Gasteiger partial charge is 0.469 e. The number of aryl methyl sites for hydroxylation is 1. The highest BCUT2D eigenvalue weighted by Gasteiger charge is 2.00. The van der Waals surface area contributed by atoms with E-state index < -0.39 is 0 Å². The molecule has 0 spiro atoms. The Morgan fingerprint density at radius 2 is 2.00 bits per heavy atom. The topological polar surface area (TPSA) is 26.3 Å². The molecule has 0 radical (unpaired) electrons. The molecule has 0 fully saturated rings. The van der Waals surface area contributed by atoms with Crippen LogP contribution in [0.5, 0.6) is 0 Å². The average Bonchev–Trinajstić information content (AvgIpc) is 2.16. The summed E-state index contributed by atoms with van der Waals surface area (Å²) in [6.07, 6.45) is 1.21. The Kier molecular flexibility index (Phi) is 3.56. The lowest BCUT2D eigenvalue weighted by molar-refractivity contribution is -0.140. The molecule has 3 heteroatoms. The Labute approximate surface area is 79.3 Å². The summed E-state index contributed by atoms with van der Waals surface area (Å²) in [6.45, 7) is 0. The van der Waals surface area contributed by atoms with E-state index in [-0.39, 0.29) is 5.97 Å². The van der Waals surface area contributed by atoms with Crippen molar-refractivity contribution in [1.82, 2.24) is 0 Å². The van der Waals surface area contributed by atoms with E-state index >= 15 is 0 Å². The van der Waals surface area contributed by atoms with Crippen molar-refractivity contribution in [1.29, 1.82) is 0 Å². The summed E-state index contributed by atoms with van der Waals surface area (Å²) in [5, 5.41) is 0. The quantitative estimate of drug-likeness (QED) is 0.480. The standard InChI is InChI=1S/C10H13BO2/c1-13-10(12)7-4-8-2-5-9(11)6-3-8/h2-3,5-6H,4,7,11H2,1H3. The van der Waals surface area contributed by atoms with E-state index in [1.807, 2.05) is 32.1 Å². The predicted octanol–water partition coefficient (Wildman–Crippen LogP) is 0.0506. The van der Waals surface area contributed by atoms with E-state index in [0.717, 1.165) is 6.42 Å². The van der Waals surface area contributed by atoms with Gasteiger partial charge in [0.25, 0.3) is 0 Å². The summed E-state index contributed by atoms with van der Waals surface area (Å²) in [7, 11) is 3.46. The number of hydrogen-bond donors (Lipinski definition) is 0. The predicted molar refractivity (Wildman–Crippen MR) is 55.0 cm³/mol. The molecule has 0 aromatic heterocycles. The van der Waals surface area contributed by atoms with Crippen LogP contribution in [-0.4, -0.2) is 20.9 Å². The van der Waals surface area contributed by atoms with Gasteiger partial charge in [-0.3, -0.25) is 4.79 Å². The number of methoxy groups -OCH3 is 1. The first kappa shape index (κ1) is 9.84. The van der Waals surface area contributed by atoms with Crippen LogP contribution >= 0.6 is 0 Å². The Morgan fingerprint density at radius 3 is 2.54 bits per heavy atom. The van der Waals surface area contributed by atoms with Crippen LogP contribution in [0.4, 0.5) is 0 Å². The molecule has 13 heavy (non-hydrogen) atoms. The first-order chi connectivity index (χ1) is 6.22. The van der Waals surface area contributed by atoms with E-state index in [2.05, 4.69) is 4.74 Å². The first-order valence-corrected chi connectivity index (χ1v) is 4.34. The number of benzene rings is 1. The van der Waals surface area contributed by atoms with E-state index in [4.69, 9.17) is 0 Å². The van der Waals surface area contributed by atoms with Crippen LogP contribution in [0.1, 0.15) is 12.0 Å². The van der Waals surface area contributed by atoms with E-state index in [9.17, 15) is 4.79 Å². The summed E-state index contributed by atoms with van der Waals surface area (Å²) in [6, 6.07) is 8.18. The molecular weight excluding hydrogens is 163 g/mol. The maximum absolute atomic E-state index is 10.8. The Bertz CT molecular complexity index is 279. The zero-order chi connectivity index (χ0) is 9.68. The summed E-state index contributed by atoms with van der Waals surface area (Å²) in [5.41, 5.74) is 2.41. The molecule has 0 unspecified atom stereocenters. The zero-order valence-corrected chi connectivity index (χ0v) is 8.04. The van der Waals surface area contributed by atoms with Gasteiger partial charge in [0.2, 0.25) is 0 Å². The van der Waals surface area contributed by atoms with Crippen LogP contribution in [0, 0.1) is 0 Å². The molecule has 1 aromatic carbocycles. The van der Waals surface area contributed by atoms with Gasteiger partial charge in [-0.05, 0) is 12.0 Å². The first-order valence-electron chi connectivity index (χ1n) is 4.34. The fourth-order valence-electron chi connectivity index (χ4n) is 1.10. The molecule has 0 amide bonds. The number of esters is 1. The lowest BCUT2D eigenvalue weighted by Crippen LogP contribution is -2.04. The number of hydrogen-bond acceptors (Lipinski definition) is 2. The van der Waals surface area contributed by atoms with Crippen molar-refractivity contribution < 1.29 is 9.53 Å². The maximum Gasteiger partial charge on any atom is 0.305 e. The molecule has 0 atom stereocenters. The average molecular weight is 176 g/mol. The van der Waals surface area contributed by atoms with Gasteiger partial charge in [0.1, 0.15) is 7.85 Å². The molecule has 2 nitrogen and oxygen atoms in total. The molecule has 0 aliphatic rings. The second-order valence-electron chi connectivity index (χ2n) is 3.06. The minimum atomic E-state index is -0.152. The lowest BCUT2D eigenvalue weighted by Gasteiger charge is -2.00. The van der Waals surface area contributed by atoms with Crippen molar-refractivity contribution in [2.75, 3.05) is 7.11 Å². The summed E-state index contributed by atoms with van der Waals surface area (Å²) in [4.78, 5) is 10.8. The van der Waals surface area contributed by atoms with Crippen LogP contribution < -0.4 is 5.46 Å². The fraction of sp³-hybridized carbons (Fsp3) is 0.300. The Hall–Kier alpha value is -1.25. The third-order valence-electron chi connectivity index (χ3n) is 1.97. The number of ether oxygens (including phenoxy) is 1. The highest BCUT2D eigenvalue weighted by atomic mass is 16.5. The van der Waals surface area contributed by atoms with Crippen molar-refractivity contribution in [3.63, 3.8) is 0 Å². The minimum Gasteiger partial charge on any atom is -0.469 e. The second-order valence-corrected chi connectivity index (χ2v) is 3.06. The molecule has 0 heterocycles. The lowest BCUT2D eigenvalue weighted by atomic mass is 9.94. The second kappa shape index (κ2) is 4.70. The molecule has 0 N–H and O–H groups in total. The number of carbonyl (C=O) groups is 1. The highest BCUT2D eigenvalue weighted by Crippen LogP contribution is 2.01. The molecule has 68 valence electrons. The van der Waals surface area contributed by atoms with Crippen LogP contribution in [-0.2, 0) is 16.0 Å². The van der Waals surface area contributed by atoms with Gasteiger partial charge in [-0.25, -0.2) is 0 Å². The van der Waals surface area contributed by atoms with Crippen molar-refractivity contribution in [2.45, 2.75) is 12.8 Å². The minimum absolute atomic E-state index is 0.152. The van der Waals surface area contributed by atoms with Crippen molar-refractivity contribution in [3.05, 3.63) is 29.8 Å². The van der Waals surface area contributed by atoms with Gasteiger partial charge in [0, 0.05) is 6.42 Å². The SMILES string of the molecule is Bc1ccc(CCC(=O)OC)cc1. The maximum atomic E-state index is 10.8. The molecule has 0 aliphatic carbocycles. The van der Waals surface area contributed by atoms with Crippen LogP contribution in [0.15, 0.2) is 24.3 Å². The smallest absolute Gasteiger partial charge is 0.305 e. The van der Waals surface area contributed by atoms with Crippen molar-refractivity contribution >= 4 is 19.3 Å². The molecular formula is C10H13BO2. The summed E-state index contributed by atoms with van der Waals surface area (Å²) >= 11 is 0. The zero-order valence-electron chi connectivity index (χ0n) is 8.04. The van der Waals surface area contributed by atoms with Gasteiger partial charge in [0.05, 0.1) is 7.11 Å². The fourth-order valence-corrected chi connectivity index (χ4v) is 1.10. The van der Waals surface area contributed by atoms with Crippen LogP contribution in [0.2, 0.25) is 0 Å². The van der Waals surface area contributed by atoms with Gasteiger partial charge in [-0.1, -0.05) is 29.7 Å². The molecule has 1 rings (SSSR count). The third kappa shape index (κ3) is 3.32. The van der Waals surface area contributed by atoms with Gasteiger partial charge in [0.15, 0.2) is 0 Å². The van der Waals surface area contributed by atoms with Gasteiger partial charge in [-0.2, -0.15) is 0 Å². The monoisotopic (exact) mass is 176 g/mol. The van der Waals surface area contributed by atoms with Gasteiger partial charge < -0.3 is 4.74 Å². The summed E-state index contributed by atoms with van der Waals surface area (Å²) in [5.74, 6) is -0.152. The third-order valence-corrected chi connectivity index (χ3v) is 1.97. The van der Waals surface area contributed by atoms with E-state index in [1.54, 1.807) is 0 Å².